The van der Waals surface area contributed by atoms with Crippen LogP contribution in [0.4, 0.5) is 0 Å². The number of hydrogen-bond acceptors (Lipinski definition) is 2. The molecule has 0 saturated carbocycles. The van der Waals surface area contributed by atoms with Gasteiger partial charge in [0, 0.05) is 6.07 Å². The van der Waals surface area contributed by atoms with E-state index in [4.69, 9.17) is 28.3 Å². The minimum absolute atomic E-state index is 0.0517. The number of hydrogen-bond donors (Lipinski definition) is 2. The topological polar surface area (TPSA) is 48.9 Å². The Morgan fingerprint density at radius 1 is 1.33 bits per heavy atom. The van der Waals surface area contributed by atoms with Crippen molar-refractivity contribution >= 4 is 34.2 Å². The van der Waals surface area contributed by atoms with Crippen molar-refractivity contribution in [1.82, 2.24) is 9.97 Å². The van der Waals surface area contributed by atoms with E-state index >= 15 is 0 Å². The van der Waals surface area contributed by atoms with Gasteiger partial charge in [0.2, 0.25) is 0 Å². The Kier molecular flexibility index (Phi) is 1.63. The fourth-order valence-electron chi connectivity index (χ4n) is 0.993. The van der Waals surface area contributed by atoms with E-state index in [1.54, 1.807) is 6.07 Å². The number of halogens is 2. The summed E-state index contributed by atoms with van der Waals surface area (Å²) in [6, 6.07) is 3.10. The summed E-state index contributed by atoms with van der Waals surface area (Å²) in [7, 11) is 0. The molecule has 0 aliphatic rings. The van der Waals surface area contributed by atoms with Gasteiger partial charge >= 0.3 is 0 Å². The van der Waals surface area contributed by atoms with Gasteiger partial charge in [0.05, 0.1) is 16.1 Å². The molecule has 12 heavy (non-hydrogen) atoms. The zero-order valence-electron chi connectivity index (χ0n) is 5.81. The summed E-state index contributed by atoms with van der Waals surface area (Å²) >= 11 is 11.4. The first-order chi connectivity index (χ1) is 5.66. The van der Waals surface area contributed by atoms with Crippen molar-refractivity contribution in [2.75, 3.05) is 0 Å². The minimum atomic E-state index is 0.0517. The van der Waals surface area contributed by atoms with Gasteiger partial charge < -0.3 is 10.1 Å². The van der Waals surface area contributed by atoms with E-state index in [1.165, 1.54) is 6.07 Å². The highest BCUT2D eigenvalue weighted by Crippen LogP contribution is 2.26. The van der Waals surface area contributed by atoms with Crippen LogP contribution in [-0.4, -0.2) is 15.1 Å². The zero-order valence-corrected chi connectivity index (χ0v) is 7.32. The third-order valence-corrected chi connectivity index (χ3v) is 2.17. The summed E-state index contributed by atoms with van der Waals surface area (Å²) in [4.78, 5) is 6.61. The second kappa shape index (κ2) is 2.54. The number of fused-ring (bicyclic) bond motifs is 1. The van der Waals surface area contributed by atoms with Gasteiger partial charge in [-0.15, -0.1) is 0 Å². The first-order valence-electron chi connectivity index (χ1n) is 3.20. The second-order valence-corrected chi connectivity index (χ2v) is 3.11. The number of H-pyrrole nitrogens is 1. The zero-order chi connectivity index (χ0) is 8.72. The predicted octanol–water partition coefficient (Wildman–Crippen LogP) is 2.58. The summed E-state index contributed by atoms with van der Waals surface area (Å²) in [6.07, 6.45) is 0. The number of aromatic hydroxyl groups is 1. The van der Waals surface area contributed by atoms with E-state index in [1.807, 2.05) is 0 Å². The average Bonchev–Trinajstić information content (AvgIpc) is 2.30. The van der Waals surface area contributed by atoms with E-state index in [9.17, 15) is 0 Å². The summed E-state index contributed by atoms with van der Waals surface area (Å²) in [5.74, 6) is 0.0517. The standard InChI is InChI=1S/C7H4Cl2N2O/c8-3-1-4-5(11-7(3)9)2-6(12)10-4/h1-2,10,12H. The Labute approximate surface area is 77.9 Å². The number of aromatic amines is 1. The summed E-state index contributed by atoms with van der Waals surface area (Å²) in [5, 5.41) is 9.66. The summed E-state index contributed by atoms with van der Waals surface area (Å²) in [5.41, 5.74) is 1.27. The molecule has 5 heteroatoms. The fourth-order valence-corrected chi connectivity index (χ4v) is 1.29. The van der Waals surface area contributed by atoms with Crippen molar-refractivity contribution in [2.24, 2.45) is 0 Å². The molecular formula is C7H4Cl2N2O. The number of aromatic nitrogens is 2. The van der Waals surface area contributed by atoms with E-state index in [0.717, 1.165) is 0 Å². The molecule has 2 aromatic heterocycles. The maximum atomic E-state index is 9.06. The smallest absolute Gasteiger partial charge is 0.190 e. The Hall–Kier alpha value is -0.930. The van der Waals surface area contributed by atoms with Crippen LogP contribution in [0.25, 0.3) is 11.0 Å². The molecule has 0 fully saturated rings. The Bertz CT molecular complexity index is 399. The number of pyridine rings is 1. The van der Waals surface area contributed by atoms with Crippen LogP contribution in [0.5, 0.6) is 5.88 Å². The number of nitrogens with one attached hydrogen (secondary N) is 1. The molecule has 62 valence electrons. The van der Waals surface area contributed by atoms with Gasteiger partial charge in [-0.25, -0.2) is 4.98 Å². The molecule has 0 aromatic carbocycles. The van der Waals surface area contributed by atoms with E-state index in [0.29, 0.717) is 16.1 Å². The van der Waals surface area contributed by atoms with Gasteiger partial charge in [-0.1, -0.05) is 23.2 Å². The molecule has 2 N–H and O–H groups in total. The lowest BCUT2D eigenvalue weighted by Crippen LogP contribution is -1.77. The van der Waals surface area contributed by atoms with Crippen LogP contribution in [0.15, 0.2) is 12.1 Å². The molecule has 0 aliphatic heterocycles. The van der Waals surface area contributed by atoms with Crippen molar-refractivity contribution in [3.63, 3.8) is 0 Å². The Balaban J connectivity index is 2.83. The van der Waals surface area contributed by atoms with Gasteiger partial charge in [-0.2, -0.15) is 0 Å². The van der Waals surface area contributed by atoms with Crippen molar-refractivity contribution in [3.05, 3.63) is 22.3 Å². The second-order valence-electron chi connectivity index (χ2n) is 2.35. The third-order valence-electron chi connectivity index (χ3n) is 1.50. The minimum Gasteiger partial charge on any atom is -0.495 e. The van der Waals surface area contributed by atoms with Gasteiger partial charge in [0.1, 0.15) is 5.15 Å². The van der Waals surface area contributed by atoms with Gasteiger partial charge in [0.25, 0.3) is 0 Å². The van der Waals surface area contributed by atoms with E-state index in [2.05, 4.69) is 9.97 Å². The highest BCUT2D eigenvalue weighted by molar-refractivity contribution is 6.41. The van der Waals surface area contributed by atoms with Crippen LogP contribution < -0.4 is 0 Å². The molecule has 2 aromatic rings. The highest BCUT2D eigenvalue weighted by Gasteiger charge is 2.04. The first kappa shape index (κ1) is 7.71. The van der Waals surface area contributed by atoms with Crippen LogP contribution >= 0.6 is 23.2 Å². The van der Waals surface area contributed by atoms with Gasteiger partial charge in [0.15, 0.2) is 5.88 Å². The quantitative estimate of drug-likeness (QED) is 0.646. The molecule has 0 bridgehead atoms. The lowest BCUT2D eigenvalue weighted by Gasteiger charge is -1.93. The highest BCUT2D eigenvalue weighted by atomic mass is 35.5. The maximum Gasteiger partial charge on any atom is 0.190 e. The number of rotatable bonds is 0. The van der Waals surface area contributed by atoms with E-state index in [-0.39, 0.29) is 11.0 Å². The molecule has 0 spiro atoms. The van der Waals surface area contributed by atoms with Crippen molar-refractivity contribution < 1.29 is 5.11 Å². The van der Waals surface area contributed by atoms with Crippen LogP contribution in [0, 0.1) is 0 Å². The Morgan fingerprint density at radius 2 is 2.08 bits per heavy atom. The normalized spacial score (nSPS) is 10.8. The van der Waals surface area contributed by atoms with E-state index < -0.39 is 0 Å². The molecule has 0 saturated heterocycles. The SMILES string of the molecule is Oc1cc2nc(Cl)c(Cl)cc2[nH]1. The van der Waals surface area contributed by atoms with Crippen LogP contribution in [0.3, 0.4) is 0 Å². The molecule has 0 unspecified atom stereocenters. The maximum absolute atomic E-state index is 9.06. The van der Waals surface area contributed by atoms with Crippen LogP contribution in [0.2, 0.25) is 10.2 Å². The molecule has 0 amide bonds. The lowest BCUT2D eigenvalue weighted by atomic mass is 10.4. The van der Waals surface area contributed by atoms with Gasteiger partial charge in [-0.3, -0.25) is 0 Å². The van der Waals surface area contributed by atoms with Crippen LogP contribution in [0.1, 0.15) is 0 Å². The Morgan fingerprint density at radius 3 is 2.83 bits per heavy atom. The monoisotopic (exact) mass is 202 g/mol. The summed E-state index contributed by atoms with van der Waals surface area (Å²) in [6.45, 7) is 0. The molecule has 0 atom stereocenters. The van der Waals surface area contributed by atoms with Crippen LogP contribution in [-0.2, 0) is 0 Å². The molecule has 2 rings (SSSR count). The number of nitrogens with zero attached hydrogens (tertiary/aromatic N) is 1. The average molecular weight is 203 g/mol. The molecule has 2 heterocycles. The largest absolute Gasteiger partial charge is 0.495 e. The lowest BCUT2D eigenvalue weighted by molar-refractivity contribution is 0.458. The fraction of sp³-hybridized carbons (Fsp3) is 0. The predicted molar refractivity (Wildman–Crippen MR) is 47.8 cm³/mol. The molecule has 3 nitrogen and oxygen atoms in total. The van der Waals surface area contributed by atoms with Crippen molar-refractivity contribution in [2.45, 2.75) is 0 Å². The van der Waals surface area contributed by atoms with Crippen molar-refractivity contribution in [3.8, 4) is 5.88 Å². The van der Waals surface area contributed by atoms with Crippen molar-refractivity contribution in [1.29, 1.82) is 0 Å². The molecule has 0 aliphatic carbocycles. The molecular weight excluding hydrogens is 199 g/mol. The third kappa shape index (κ3) is 1.11. The molecule has 0 radical (unpaired) electrons. The summed E-state index contributed by atoms with van der Waals surface area (Å²) < 4.78 is 0. The first-order valence-corrected chi connectivity index (χ1v) is 3.96. The van der Waals surface area contributed by atoms with Gasteiger partial charge in [-0.05, 0) is 6.07 Å².